The van der Waals surface area contributed by atoms with Crippen LogP contribution >= 0.6 is 0 Å². The number of carbonyl (C=O) groups excluding carboxylic acids is 1. The van der Waals surface area contributed by atoms with Gasteiger partial charge in [-0.2, -0.15) is 0 Å². The third kappa shape index (κ3) is 7.01. The smallest absolute Gasteiger partial charge is 0.251 e. The summed E-state index contributed by atoms with van der Waals surface area (Å²) in [6.07, 6.45) is 1.09. The third-order valence-corrected chi connectivity index (χ3v) is 4.63. The van der Waals surface area contributed by atoms with Crippen molar-refractivity contribution in [3.63, 3.8) is 0 Å². The number of guanidine groups is 1. The summed E-state index contributed by atoms with van der Waals surface area (Å²) >= 11 is 0. The van der Waals surface area contributed by atoms with Crippen molar-refractivity contribution in [2.45, 2.75) is 6.42 Å². The highest BCUT2D eigenvalue weighted by molar-refractivity contribution is 5.94. The molecule has 156 valence electrons. The molecule has 0 spiro atoms. The Bertz CT molecular complexity index is 621. The van der Waals surface area contributed by atoms with Crippen molar-refractivity contribution in [2.24, 2.45) is 10.9 Å². The van der Waals surface area contributed by atoms with Gasteiger partial charge in [0.05, 0.1) is 26.9 Å². The van der Waals surface area contributed by atoms with Crippen LogP contribution in [0.3, 0.4) is 0 Å². The maximum absolute atomic E-state index is 12.2. The zero-order valence-electron chi connectivity index (χ0n) is 17.1. The van der Waals surface area contributed by atoms with Crippen LogP contribution in [0.1, 0.15) is 16.8 Å². The van der Waals surface area contributed by atoms with E-state index in [1.54, 1.807) is 45.5 Å². The van der Waals surface area contributed by atoms with Crippen molar-refractivity contribution >= 4 is 11.9 Å². The lowest BCUT2D eigenvalue weighted by Gasteiger charge is -2.22. The van der Waals surface area contributed by atoms with Gasteiger partial charge in [0.25, 0.3) is 5.91 Å². The first-order chi connectivity index (χ1) is 13.7. The number of ether oxygens (including phenoxy) is 3. The molecule has 0 bridgehead atoms. The molecule has 1 saturated heterocycles. The first-order valence-corrected chi connectivity index (χ1v) is 9.62. The SMILES string of the molecule is CN=C(NCCNC(=O)c1ccc(OC)cc1)N1CCC(COCCOC)C1. The summed E-state index contributed by atoms with van der Waals surface area (Å²) < 4.78 is 15.7. The standard InChI is InChI=1S/C20H32N4O4/c1-21-20(24-11-8-16(14-24)15-28-13-12-26-2)23-10-9-22-19(25)17-4-6-18(27-3)7-5-17/h4-7,16H,8-15H2,1-3H3,(H,21,23)(H,22,25). The average Bonchev–Trinajstić information content (AvgIpc) is 3.20. The molecule has 1 aliphatic rings. The normalized spacial score (nSPS) is 16.9. The Morgan fingerprint density at radius 3 is 2.61 bits per heavy atom. The molecule has 2 N–H and O–H groups in total. The van der Waals surface area contributed by atoms with E-state index < -0.39 is 0 Å². The van der Waals surface area contributed by atoms with Gasteiger partial charge >= 0.3 is 0 Å². The molecule has 0 radical (unpaired) electrons. The van der Waals surface area contributed by atoms with Gasteiger partial charge in [-0.1, -0.05) is 0 Å². The Morgan fingerprint density at radius 2 is 1.93 bits per heavy atom. The molecule has 1 aromatic rings. The Hall–Kier alpha value is -2.32. The summed E-state index contributed by atoms with van der Waals surface area (Å²) in [5.41, 5.74) is 0.612. The minimum atomic E-state index is -0.103. The Morgan fingerprint density at radius 1 is 1.18 bits per heavy atom. The van der Waals surface area contributed by atoms with Crippen LogP contribution in [0, 0.1) is 5.92 Å². The van der Waals surface area contributed by atoms with E-state index in [4.69, 9.17) is 14.2 Å². The van der Waals surface area contributed by atoms with E-state index in [9.17, 15) is 4.79 Å². The molecule has 8 heteroatoms. The summed E-state index contributed by atoms with van der Waals surface area (Å²) in [7, 11) is 5.06. The molecule has 1 aliphatic heterocycles. The Kier molecular flexibility index (Phi) is 9.57. The molecule has 0 aromatic heterocycles. The number of aliphatic imine (C=N–C) groups is 1. The number of nitrogens with one attached hydrogen (secondary N) is 2. The van der Waals surface area contributed by atoms with Crippen LogP contribution in [-0.2, 0) is 9.47 Å². The maximum Gasteiger partial charge on any atom is 0.251 e. The average molecular weight is 393 g/mol. The van der Waals surface area contributed by atoms with Gasteiger partial charge in [0.1, 0.15) is 5.75 Å². The molecular weight excluding hydrogens is 360 g/mol. The van der Waals surface area contributed by atoms with Crippen LogP contribution in [0.2, 0.25) is 0 Å². The van der Waals surface area contributed by atoms with Crippen molar-refractivity contribution in [3.8, 4) is 5.75 Å². The van der Waals surface area contributed by atoms with Crippen molar-refractivity contribution in [1.82, 2.24) is 15.5 Å². The highest BCUT2D eigenvalue weighted by Crippen LogP contribution is 2.16. The number of benzene rings is 1. The fourth-order valence-corrected chi connectivity index (χ4v) is 3.08. The number of hydrogen-bond donors (Lipinski definition) is 2. The van der Waals surface area contributed by atoms with Crippen LogP contribution in [-0.4, -0.2) is 84.0 Å². The number of methoxy groups -OCH3 is 2. The summed E-state index contributed by atoms with van der Waals surface area (Å²) in [4.78, 5) is 18.7. The quantitative estimate of drug-likeness (QED) is 0.351. The van der Waals surface area contributed by atoms with Crippen LogP contribution in [0.15, 0.2) is 29.3 Å². The minimum Gasteiger partial charge on any atom is -0.497 e. The Balaban J connectivity index is 1.66. The molecule has 1 amide bonds. The number of rotatable bonds is 10. The molecular formula is C20H32N4O4. The van der Waals surface area contributed by atoms with Gasteiger partial charge in [0.2, 0.25) is 0 Å². The van der Waals surface area contributed by atoms with Crippen LogP contribution in [0.5, 0.6) is 5.75 Å². The van der Waals surface area contributed by atoms with Crippen molar-refractivity contribution in [1.29, 1.82) is 0 Å². The number of amides is 1. The zero-order chi connectivity index (χ0) is 20.2. The van der Waals surface area contributed by atoms with Crippen molar-refractivity contribution in [3.05, 3.63) is 29.8 Å². The maximum atomic E-state index is 12.2. The molecule has 1 atom stereocenters. The number of likely N-dealkylation sites (tertiary alicyclic amines) is 1. The van der Waals surface area contributed by atoms with E-state index in [1.807, 2.05) is 0 Å². The topological polar surface area (TPSA) is 84.4 Å². The number of hydrogen-bond acceptors (Lipinski definition) is 5. The van der Waals surface area contributed by atoms with Gasteiger partial charge in [-0.05, 0) is 30.7 Å². The second-order valence-electron chi connectivity index (χ2n) is 6.63. The molecule has 2 rings (SSSR count). The fraction of sp³-hybridized carbons (Fsp3) is 0.600. The zero-order valence-corrected chi connectivity index (χ0v) is 17.1. The second kappa shape index (κ2) is 12.2. The lowest BCUT2D eigenvalue weighted by molar-refractivity contribution is 0.0536. The van der Waals surface area contributed by atoms with E-state index in [-0.39, 0.29) is 5.91 Å². The molecule has 28 heavy (non-hydrogen) atoms. The Labute approximate surface area is 167 Å². The summed E-state index contributed by atoms with van der Waals surface area (Å²) in [6, 6.07) is 7.05. The predicted molar refractivity (Wildman–Crippen MR) is 109 cm³/mol. The van der Waals surface area contributed by atoms with Crippen LogP contribution in [0.4, 0.5) is 0 Å². The van der Waals surface area contributed by atoms with E-state index in [1.165, 1.54) is 0 Å². The lowest BCUT2D eigenvalue weighted by atomic mass is 10.1. The third-order valence-electron chi connectivity index (χ3n) is 4.63. The monoisotopic (exact) mass is 392 g/mol. The van der Waals surface area contributed by atoms with Crippen molar-refractivity contribution in [2.75, 3.05) is 67.3 Å². The second-order valence-corrected chi connectivity index (χ2v) is 6.63. The van der Waals surface area contributed by atoms with Crippen molar-refractivity contribution < 1.29 is 19.0 Å². The number of nitrogens with zero attached hydrogens (tertiary/aromatic N) is 2. The largest absolute Gasteiger partial charge is 0.497 e. The molecule has 0 aliphatic carbocycles. The van der Waals surface area contributed by atoms with Crippen LogP contribution < -0.4 is 15.4 Å². The van der Waals surface area contributed by atoms with Gasteiger partial charge in [-0.25, -0.2) is 0 Å². The first-order valence-electron chi connectivity index (χ1n) is 9.62. The van der Waals surface area contributed by atoms with E-state index >= 15 is 0 Å². The molecule has 1 fully saturated rings. The summed E-state index contributed by atoms with van der Waals surface area (Å²) in [5, 5.41) is 6.22. The molecule has 0 saturated carbocycles. The predicted octanol–water partition coefficient (Wildman–Crippen LogP) is 0.985. The fourth-order valence-electron chi connectivity index (χ4n) is 3.08. The van der Waals surface area contributed by atoms with Gasteiger partial charge in [-0.3, -0.25) is 9.79 Å². The highest BCUT2D eigenvalue weighted by atomic mass is 16.5. The first kappa shape index (κ1) is 22.0. The molecule has 1 aromatic carbocycles. The van der Waals surface area contributed by atoms with E-state index in [2.05, 4.69) is 20.5 Å². The number of carbonyl (C=O) groups is 1. The molecule has 1 heterocycles. The van der Waals surface area contributed by atoms with Crippen LogP contribution in [0.25, 0.3) is 0 Å². The van der Waals surface area contributed by atoms with Gasteiger partial charge in [-0.15, -0.1) is 0 Å². The summed E-state index contributed by atoms with van der Waals surface area (Å²) in [6.45, 7) is 5.01. The molecule has 1 unspecified atom stereocenters. The van der Waals surface area contributed by atoms with E-state index in [0.717, 1.165) is 37.8 Å². The van der Waals surface area contributed by atoms with Gasteiger partial charge in [0.15, 0.2) is 5.96 Å². The van der Waals surface area contributed by atoms with Gasteiger partial charge < -0.3 is 29.7 Å². The summed E-state index contributed by atoms with van der Waals surface area (Å²) in [5.74, 6) is 1.99. The minimum absolute atomic E-state index is 0.103. The molecule has 8 nitrogen and oxygen atoms in total. The van der Waals surface area contributed by atoms with E-state index in [0.29, 0.717) is 37.8 Å². The highest BCUT2D eigenvalue weighted by Gasteiger charge is 2.24. The lowest BCUT2D eigenvalue weighted by Crippen LogP contribution is -2.43. The van der Waals surface area contributed by atoms with Gasteiger partial charge in [0, 0.05) is 51.8 Å².